The van der Waals surface area contributed by atoms with Gasteiger partial charge in [-0.2, -0.15) is 0 Å². The van der Waals surface area contributed by atoms with Crippen molar-refractivity contribution in [3.05, 3.63) is 85.9 Å². The summed E-state index contributed by atoms with van der Waals surface area (Å²) >= 11 is 6.30. The number of hydrogen-bond donors (Lipinski definition) is 0. The first-order valence-corrected chi connectivity index (χ1v) is 8.95. The van der Waals surface area contributed by atoms with Crippen molar-refractivity contribution in [1.82, 2.24) is 0 Å². The third kappa shape index (κ3) is 3.81. The van der Waals surface area contributed by atoms with Crippen LogP contribution in [0.1, 0.15) is 22.3 Å². The molecule has 0 spiro atoms. The second kappa shape index (κ2) is 7.41. The first kappa shape index (κ1) is 18.9. The van der Waals surface area contributed by atoms with Crippen LogP contribution in [0.3, 0.4) is 0 Å². The average molecular weight is 382 g/mol. The zero-order valence-corrected chi connectivity index (χ0v) is 16.4. The molecule has 4 nitrogen and oxygen atoms in total. The zero-order chi connectivity index (χ0) is 19.7. The van der Waals surface area contributed by atoms with E-state index in [2.05, 4.69) is 6.07 Å². The Morgan fingerprint density at radius 3 is 2.26 bits per heavy atom. The van der Waals surface area contributed by atoms with Crippen LogP contribution in [0.5, 0.6) is 11.5 Å². The summed E-state index contributed by atoms with van der Waals surface area (Å²) in [6.45, 7) is 7.87. The van der Waals surface area contributed by atoms with Gasteiger partial charge in [-0.15, -0.1) is 0 Å². The average Bonchev–Trinajstić information content (AvgIpc) is 2.60. The van der Waals surface area contributed by atoms with Gasteiger partial charge in [0.25, 0.3) is 5.69 Å². The lowest BCUT2D eigenvalue weighted by atomic mass is 9.96. The molecule has 0 saturated heterocycles. The molecule has 27 heavy (non-hydrogen) atoms. The lowest BCUT2D eigenvalue weighted by Gasteiger charge is -2.15. The second-order valence-electron chi connectivity index (χ2n) is 6.69. The lowest BCUT2D eigenvalue weighted by Crippen LogP contribution is -1.97. The van der Waals surface area contributed by atoms with Gasteiger partial charge in [-0.05, 0) is 74.2 Å². The van der Waals surface area contributed by atoms with Crippen LogP contribution in [-0.2, 0) is 0 Å². The Morgan fingerprint density at radius 1 is 0.889 bits per heavy atom. The molecule has 0 amide bonds. The number of benzene rings is 3. The number of aryl methyl sites for hydroxylation is 4. The predicted molar refractivity (Wildman–Crippen MR) is 109 cm³/mol. The van der Waals surface area contributed by atoms with E-state index in [1.165, 1.54) is 11.6 Å². The molecular formula is C22H20ClNO3. The number of nitro benzene ring substituents is 1. The van der Waals surface area contributed by atoms with Crippen LogP contribution >= 0.6 is 11.6 Å². The fraction of sp³-hybridized carbons (Fsp3) is 0.182. The first-order valence-electron chi connectivity index (χ1n) is 8.57. The van der Waals surface area contributed by atoms with E-state index in [9.17, 15) is 10.1 Å². The molecule has 0 heterocycles. The number of ether oxygens (including phenoxy) is 1. The Morgan fingerprint density at radius 2 is 1.59 bits per heavy atom. The van der Waals surface area contributed by atoms with Crippen molar-refractivity contribution < 1.29 is 9.66 Å². The summed E-state index contributed by atoms with van der Waals surface area (Å²) in [6, 6.07) is 14.5. The Hall–Kier alpha value is -2.85. The van der Waals surface area contributed by atoms with Crippen LogP contribution in [-0.4, -0.2) is 4.92 Å². The van der Waals surface area contributed by atoms with Crippen molar-refractivity contribution in [3.8, 4) is 22.6 Å². The molecule has 0 aliphatic heterocycles. The van der Waals surface area contributed by atoms with Gasteiger partial charge < -0.3 is 4.74 Å². The summed E-state index contributed by atoms with van der Waals surface area (Å²) in [6.07, 6.45) is 0. The predicted octanol–water partition coefficient (Wildman–Crippen LogP) is 6.94. The third-order valence-electron chi connectivity index (χ3n) is 4.53. The molecule has 0 N–H and O–H groups in total. The van der Waals surface area contributed by atoms with Crippen LogP contribution in [0.15, 0.2) is 48.5 Å². The lowest BCUT2D eigenvalue weighted by molar-refractivity contribution is -0.384. The van der Waals surface area contributed by atoms with Gasteiger partial charge in [0.05, 0.1) is 15.5 Å². The van der Waals surface area contributed by atoms with Gasteiger partial charge in [-0.3, -0.25) is 10.1 Å². The molecule has 0 aliphatic carbocycles. The van der Waals surface area contributed by atoms with Gasteiger partial charge in [-0.1, -0.05) is 35.4 Å². The summed E-state index contributed by atoms with van der Waals surface area (Å²) in [4.78, 5) is 11.0. The van der Waals surface area contributed by atoms with Crippen LogP contribution in [0, 0.1) is 37.8 Å². The number of rotatable bonds is 4. The minimum absolute atomic E-state index is 0.00644. The Bertz CT molecular complexity index is 1040. The largest absolute Gasteiger partial charge is 0.457 e. The summed E-state index contributed by atoms with van der Waals surface area (Å²) in [5.74, 6) is 1.51. The van der Waals surface area contributed by atoms with E-state index in [-0.39, 0.29) is 5.69 Å². The van der Waals surface area contributed by atoms with Crippen molar-refractivity contribution in [2.75, 3.05) is 0 Å². The highest BCUT2D eigenvalue weighted by Gasteiger charge is 2.21. The second-order valence-corrected chi connectivity index (χ2v) is 7.10. The SMILES string of the molecule is Cc1ccc(Oc2cc(C)c(-c3c(Cl)cccc3[N+](=O)[O-])cc2C)c(C)c1. The van der Waals surface area contributed by atoms with E-state index in [0.717, 1.165) is 33.8 Å². The molecule has 0 fully saturated rings. The topological polar surface area (TPSA) is 52.4 Å². The summed E-state index contributed by atoms with van der Waals surface area (Å²) in [7, 11) is 0. The standard InChI is InChI=1S/C22H20ClNO3/c1-13-8-9-20(15(3)10-13)27-21-12-14(2)17(11-16(21)4)22-18(23)6-5-7-19(22)24(25)26/h5-12H,1-4H3. The molecule has 3 aromatic rings. The maximum Gasteiger partial charge on any atom is 0.278 e. The van der Waals surface area contributed by atoms with Crippen LogP contribution in [0.2, 0.25) is 5.02 Å². The first-order chi connectivity index (χ1) is 12.8. The summed E-state index contributed by atoms with van der Waals surface area (Å²) in [5.41, 5.74) is 5.13. The quantitative estimate of drug-likeness (QED) is 0.363. The molecule has 0 radical (unpaired) electrons. The maximum absolute atomic E-state index is 11.4. The highest BCUT2D eigenvalue weighted by Crippen LogP contribution is 2.40. The molecule has 0 unspecified atom stereocenters. The monoisotopic (exact) mass is 381 g/mol. The fourth-order valence-electron chi connectivity index (χ4n) is 3.13. The molecule has 0 saturated carbocycles. The van der Waals surface area contributed by atoms with Crippen molar-refractivity contribution in [2.45, 2.75) is 27.7 Å². The molecule has 138 valence electrons. The Balaban J connectivity index is 2.08. The van der Waals surface area contributed by atoms with Crippen molar-refractivity contribution in [3.63, 3.8) is 0 Å². The van der Waals surface area contributed by atoms with E-state index in [1.807, 2.05) is 52.0 Å². The fourth-order valence-corrected chi connectivity index (χ4v) is 3.40. The maximum atomic E-state index is 11.4. The number of nitro groups is 1. The molecule has 0 aliphatic rings. The summed E-state index contributed by atoms with van der Waals surface area (Å²) in [5, 5.41) is 11.8. The van der Waals surface area contributed by atoms with E-state index >= 15 is 0 Å². The van der Waals surface area contributed by atoms with Crippen LogP contribution < -0.4 is 4.74 Å². The zero-order valence-electron chi connectivity index (χ0n) is 15.7. The number of hydrogen-bond acceptors (Lipinski definition) is 3. The van der Waals surface area contributed by atoms with E-state index in [1.54, 1.807) is 12.1 Å². The third-order valence-corrected chi connectivity index (χ3v) is 4.84. The normalized spacial score (nSPS) is 10.7. The molecule has 0 bridgehead atoms. The minimum Gasteiger partial charge on any atom is -0.457 e. The van der Waals surface area contributed by atoms with Crippen molar-refractivity contribution in [1.29, 1.82) is 0 Å². The minimum atomic E-state index is -0.407. The van der Waals surface area contributed by atoms with E-state index < -0.39 is 4.92 Å². The van der Waals surface area contributed by atoms with Crippen molar-refractivity contribution >= 4 is 17.3 Å². The molecule has 3 aromatic carbocycles. The Labute approximate surface area is 163 Å². The van der Waals surface area contributed by atoms with Gasteiger partial charge in [0.15, 0.2) is 0 Å². The van der Waals surface area contributed by atoms with E-state index in [0.29, 0.717) is 10.6 Å². The smallest absolute Gasteiger partial charge is 0.278 e. The molecule has 3 rings (SSSR count). The van der Waals surface area contributed by atoms with Gasteiger partial charge in [-0.25, -0.2) is 0 Å². The van der Waals surface area contributed by atoms with E-state index in [4.69, 9.17) is 16.3 Å². The number of nitrogens with zero attached hydrogens (tertiary/aromatic N) is 1. The molecular weight excluding hydrogens is 362 g/mol. The van der Waals surface area contributed by atoms with Gasteiger partial charge in [0.2, 0.25) is 0 Å². The molecule has 0 aromatic heterocycles. The van der Waals surface area contributed by atoms with Crippen LogP contribution in [0.4, 0.5) is 5.69 Å². The summed E-state index contributed by atoms with van der Waals surface area (Å²) < 4.78 is 6.11. The van der Waals surface area contributed by atoms with Gasteiger partial charge >= 0.3 is 0 Å². The number of halogens is 1. The highest BCUT2D eigenvalue weighted by molar-refractivity contribution is 6.34. The van der Waals surface area contributed by atoms with Gasteiger partial charge in [0.1, 0.15) is 11.5 Å². The molecule has 5 heteroatoms. The Kier molecular flexibility index (Phi) is 5.19. The van der Waals surface area contributed by atoms with Gasteiger partial charge in [0, 0.05) is 6.07 Å². The van der Waals surface area contributed by atoms with Crippen molar-refractivity contribution in [2.24, 2.45) is 0 Å². The highest BCUT2D eigenvalue weighted by atomic mass is 35.5. The molecule has 0 atom stereocenters. The van der Waals surface area contributed by atoms with Crippen LogP contribution in [0.25, 0.3) is 11.1 Å².